The molecule has 0 spiro atoms. The zero-order valence-corrected chi connectivity index (χ0v) is 8.75. The number of benzene rings is 1. The number of carbonyl (C=O) groups is 1. The van der Waals surface area contributed by atoms with E-state index in [9.17, 15) is 4.79 Å². The number of ether oxygens (including phenoxy) is 1. The summed E-state index contributed by atoms with van der Waals surface area (Å²) in [6.07, 6.45) is 3.24. The van der Waals surface area contributed by atoms with Gasteiger partial charge < -0.3 is 4.74 Å². The van der Waals surface area contributed by atoms with E-state index in [2.05, 4.69) is 6.92 Å². The first-order chi connectivity index (χ1) is 6.74. The molecule has 2 heteroatoms. The largest absolute Gasteiger partial charge is 0.426 e. The summed E-state index contributed by atoms with van der Waals surface area (Å²) in [4.78, 5) is 10.8. The fraction of sp³-hybridized carbons (Fsp3) is 0.417. The third-order valence-corrected chi connectivity index (χ3v) is 2.03. The van der Waals surface area contributed by atoms with Crippen molar-refractivity contribution in [3.05, 3.63) is 29.8 Å². The molecule has 0 aromatic heterocycles. The maximum atomic E-state index is 10.8. The molecule has 0 atom stereocenters. The number of esters is 1. The zero-order chi connectivity index (χ0) is 10.4. The van der Waals surface area contributed by atoms with Gasteiger partial charge in [0, 0.05) is 6.92 Å². The van der Waals surface area contributed by atoms with E-state index in [-0.39, 0.29) is 5.97 Å². The number of carbonyl (C=O) groups excluding carboxylic acids is 1. The molecule has 76 valence electrons. The summed E-state index contributed by atoms with van der Waals surface area (Å²) in [6.45, 7) is 3.57. The van der Waals surface area contributed by atoms with Gasteiger partial charge in [-0.15, -0.1) is 0 Å². The Balaban J connectivity index is 2.74. The highest BCUT2D eigenvalue weighted by molar-refractivity contribution is 5.69. The van der Waals surface area contributed by atoms with E-state index >= 15 is 0 Å². The van der Waals surface area contributed by atoms with Crippen LogP contribution < -0.4 is 4.74 Å². The van der Waals surface area contributed by atoms with Crippen molar-refractivity contribution in [1.29, 1.82) is 0 Å². The summed E-state index contributed by atoms with van der Waals surface area (Å²) in [5.41, 5.74) is 1.12. The molecule has 0 aliphatic rings. The van der Waals surface area contributed by atoms with Gasteiger partial charge in [-0.05, 0) is 24.5 Å². The molecule has 14 heavy (non-hydrogen) atoms. The molecule has 0 saturated heterocycles. The lowest BCUT2D eigenvalue weighted by Gasteiger charge is -2.07. The maximum absolute atomic E-state index is 10.8. The van der Waals surface area contributed by atoms with Crippen LogP contribution in [0.3, 0.4) is 0 Å². The van der Waals surface area contributed by atoms with E-state index in [1.165, 1.54) is 6.92 Å². The Morgan fingerprint density at radius 1 is 1.36 bits per heavy atom. The Bertz CT molecular complexity index is 305. The third-order valence-electron chi connectivity index (χ3n) is 2.03. The second kappa shape index (κ2) is 5.43. The van der Waals surface area contributed by atoms with Crippen LogP contribution >= 0.6 is 0 Å². The van der Waals surface area contributed by atoms with Crippen LogP contribution in [0.5, 0.6) is 5.75 Å². The molecule has 2 nitrogen and oxygen atoms in total. The van der Waals surface area contributed by atoms with Gasteiger partial charge >= 0.3 is 5.97 Å². The Morgan fingerprint density at radius 3 is 2.71 bits per heavy atom. The van der Waals surface area contributed by atoms with Gasteiger partial charge in [-0.3, -0.25) is 4.79 Å². The van der Waals surface area contributed by atoms with Crippen molar-refractivity contribution in [2.75, 3.05) is 0 Å². The molecule has 0 bridgehead atoms. The summed E-state index contributed by atoms with van der Waals surface area (Å²) in [7, 11) is 0. The van der Waals surface area contributed by atoms with E-state index in [0.29, 0.717) is 5.75 Å². The van der Waals surface area contributed by atoms with Crippen LogP contribution in [0.25, 0.3) is 0 Å². The first-order valence-corrected chi connectivity index (χ1v) is 5.00. The fourth-order valence-corrected chi connectivity index (χ4v) is 1.33. The molecule has 0 amide bonds. The molecule has 0 radical (unpaired) electrons. The van der Waals surface area contributed by atoms with Crippen molar-refractivity contribution < 1.29 is 9.53 Å². The lowest BCUT2D eigenvalue weighted by molar-refractivity contribution is -0.131. The SMILES string of the molecule is CCCCc1ccccc1OC(C)=O. The van der Waals surface area contributed by atoms with Gasteiger partial charge in [-0.1, -0.05) is 31.5 Å². The predicted molar refractivity (Wildman–Crippen MR) is 56.4 cm³/mol. The Morgan fingerprint density at radius 2 is 2.07 bits per heavy atom. The zero-order valence-electron chi connectivity index (χ0n) is 8.75. The van der Waals surface area contributed by atoms with Crippen LogP contribution in [-0.2, 0) is 11.2 Å². The van der Waals surface area contributed by atoms with Crippen molar-refractivity contribution in [2.45, 2.75) is 33.1 Å². The van der Waals surface area contributed by atoms with Crippen LogP contribution in [0.1, 0.15) is 32.3 Å². The second-order valence-corrected chi connectivity index (χ2v) is 3.30. The molecule has 0 fully saturated rings. The highest BCUT2D eigenvalue weighted by Crippen LogP contribution is 2.20. The van der Waals surface area contributed by atoms with Gasteiger partial charge in [0.2, 0.25) is 0 Å². The van der Waals surface area contributed by atoms with Gasteiger partial charge in [0.1, 0.15) is 5.75 Å². The van der Waals surface area contributed by atoms with Gasteiger partial charge in [-0.2, -0.15) is 0 Å². The van der Waals surface area contributed by atoms with E-state index in [0.717, 1.165) is 24.8 Å². The van der Waals surface area contributed by atoms with Crippen molar-refractivity contribution in [2.24, 2.45) is 0 Å². The molecule has 0 heterocycles. The van der Waals surface area contributed by atoms with E-state index in [4.69, 9.17) is 4.74 Å². The minimum atomic E-state index is -0.256. The van der Waals surface area contributed by atoms with E-state index in [1.54, 1.807) is 0 Å². The Kier molecular flexibility index (Phi) is 4.17. The lowest BCUT2D eigenvalue weighted by atomic mass is 10.1. The molecular formula is C12H16O2. The molecule has 0 aliphatic heterocycles. The van der Waals surface area contributed by atoms with E-state index < -0.39 is 0 Å². The van der Waals surface area contributed by atoms with Crippen molar-refractivity contribution in [1.82, 2.24) is 0 Å². The molecule has 0 unspecified atom stereocenters. The third kappa shape index (κ3) is 3.21. The molecule has 0 N–H and O–H groups in total. The number of para-hydroxylation sites is 1. The second-order valence-electron chi connectivity index (χ2n) is 3.30. The summed E-state index contributed by atoms with van der Waals surface area (Å²) in [5.74, 6) is 0.447. The summed E-state index contributed by atoms with van der Waals surface area (Å²) in [5, 5.41) is 0. The van der Waals surface area contributed by atoms with E-state index in [1.807, 2.05) is 24.3 Å². The van der Waals surface area contributed by atoms with Crippen molar-refractivity contribution in [3.63, 3.8) is 0 Å². The summed E-state index contributed by atoms with van der Waals surface area (Å²) >= 11 is 0. The van der Waals surface area contributed by atoms with Crippen LogP contribution in [0.2, 0.25) is 0 Å². The van der Waals surface area contributed by atoms with Gasteiger partial charge in [0.15, 0.2) is 0 Å². The summed E-state index contributed by atoms with van der Waals surface area (Å²) in [6, 6.07) is 7.70. The summed E-state index contributed by atoms with van der Waals surface area (Å²) < 4.78 is 5.10. The monoisotopic (exact) mass is 192 g/mol. The predicted octanol–water partition coefficient (Wildman–Crippen LogP) is 2.95. The van der Waals surface area contributed by atoms with Crippen LogP contribution in [-0.4, -0.2) is 5.97 Å². The van der Waals surface area contributed by atoms with Crippen LogP contribution in [0.4, 0.5) is 0 Å². The first kappa shape index (κ1) is 10.8. The normalized spacial score (nSPS) is 9.86. The maximum Gasteiger partial charge on any atom is 0.308 e. The van der Waals surface area contributed by atoms with Gasteiger partial charge in [0.05, 0.1) is 0 Å². The number of unbranched alkanes of at least 4 members (excludes halogenated alkanes) is 1. The minimum absolute atomic E-state index is 0.256. The molecule has 0 aliphatic carbocycles. The van der Waals surface area contributed by atoms with Gasteiger partial charge in [-0.25, -0.2) is 0 Å². The highest BCUT2D eigenvalue weighted by Gasteiger charge is 2.03. The first-order valence-electron chi connectivity index (χ1n) is 5.00. The smallest absolute Gasteiger partial charge is 0.308 e. The number of hydrogen-bond donors (Lipinski definition) is 0. The van der Waals surface area contributed by atoms with Gasteiger partial charge in [0.25, 0.3) is 0 Å². The number of aryl methyl sites for hydroxylation is 1. The molecule has 1 rings (SSSR count). The molecule has 1 aromatic carbocycles. The number of hydrogen-bond acceptors (Lipinski definition) is 2. The Hall–Kier alpha value is -1.31. The average molecular weight is 192 g/mol. The molecule has 1 aromatic rings. The molecular weight excluding hydrogens is 176 g/mol. The van der Waals surface area contributed by atoms with Crippen molar-refractivity contribution in [3.8, 4) is 5.75 Å². The number of rotatable bonds is 4. The van der Waals surface area contributed by atoms with Crippen molar-refractivity contribution >= 4 is 5.97 Å². The fourth-order valence-electron chi connectivity index (χ4n) is 1.33. The van der Waals surface area contributed by atoms with Crippen LogP contribution in [0, 0.1) is 0 Å². The lowest BCUT2D eigenvalue weighted by Crippen LogP contribution is -2.03. The quantitative estimate of drug-likeness (QED) is 0.541. The minimum Gasteiger partial charge on any atom is -0.426 e. The Labute approximate surface area is 84.9 Å². The average Bonchev–Trinajstić information content (AvgIpc) is 2.16. The topological polar surface area (TPSA) is 26.3 Å². The van der Waals surface area contributed by atoms with Crippen LogP contribution in [0.15, 0.2) is 24.3 Å². The molecule has 0 saturated carbocycles. The standard InChI is InChI=1S/C12H16O2/c1-3-4-7-11-8-5-6-9-12(11)14-10(2)13/h5-6,8-9H,3-4,7H2,1-2H3. The highest BCUT2D eigenvalue weighted by atomic mass is 16.5.